The van der Waals surface area contributed by atoms with E-state index in [-0.39, 0.29) is 12.4 Å². The molecule has 0 atom stereocenters. The molecule has 30 heavy (non-hydrogen) atoms. The molecule has 0 radical (unpaired) electrons. The van der Waals surface area contributed by atoms with Crippen LogP contribution in [-0.2, 0) is 6.61 Å². The molecular weight excluding hydrogens is 447 g/mol. The van der Waals surface area contributed by atoms with E-state index in [1.165, 1.54) is 12.3 Å². The summed E-state index contributed by atoms with van der Waals surface area (Å²) in [6.07, 6.45) is 1.52. The SMILES string of the molecule is Oc1cc(OCc2ccc(Cl)cc2Cl)ccc1-c1[nH]ncc1Oc1ccccc1Cl. The number of benzene rings is 3. The van der Waals surface area contributed by atoms with Gasteiger partial charge in [0.25, 0.3) is 0 Å². The average Bonchev–Trinajstić information content (AvgIpc) is 3.17. The summed E-state index contributed by atoms with van der Waals surface area (Å²) in [5.74, 6) is 1.40. The van der Waals surface area contributed by atoms with Gasteiger partial charge in [0.15, 0.2) is 5.75 Å². The van der Waals surface area contributed by atoms with E-state index in [1.54, 1.807) is 42.5 Å². The van der Waals surface area contributed by atoms with E-state index in [9.17, 15) is 5.11 Å². The molecule has 0 aliphatic rings. The lowest BCUT2D eigenvalue weighted by Gasteiger charge is -2.11. The molecule has 0 aliphatic carbocycles. The number of nitrogens with zero attached hydrogens (tertiary/aromatic N) is 1. The molecule has 2 N–H and O–H groups in total. The van der Waals surface area contributed by atoms with Crippen LogP contribution in [0.3, 0.4) is 0 Å². The first kappa shape index (κ1) is 20.4. The van der Waals surface area contributed by atoms with Crippen LogP contribution in [0.5, 0.6) is 23.0 Å². The number of aromatic hydroxyl groups is 1. The Kier molecular flexibility index (Phi) is 6.04. The maximum atomic E-state index is 10.5. The van der Waals surface area contributed by atoms with Gasteiger partial charge < -0.3 is 14.6 Å². The van der Waals surface area contributed by atoms with Gasteiger partial charge >= 0.3 is 0 Å². The van der Waals surface area contributed by atoms with Crippen LogP contribution >= 0.6 is 34.8 Å². The summed E-state index contributed by atoms with van der Waals surface area (Å²) in [5.41, 5.74) is 1.81. The third kappa shape index (κ3) is 4.49. The molecule has 0 aliphatic heterocycles. The maximum absolute atomic E-state index is 10.5. The fourth-order valence-corrected chi connectivity index (χ4v) is 3.44. The lowest BCUT2D eigenvalue weighted by molar-refractivity contribution is 0.304. The zero-order valence-corrected chi connectivity index (χ0v) is 17.7. The quantitative estimate of drug-likeness (QED) is 0.321. The molecule has 152 valence electrons. The van der Waals surface area contributed by atoms with E-state index in [0.29, 0.717) is 43.6 Å². The average molecular weight is 462 g/mol. The van der Waals surface area contributed by atoms with Crippen molar-refractivity contribution in [2.45, 2.75) is 6.61 Å². The Hall–Kier alpha value is -2.86. The highest BCUT2D eigenvalue weighted by atomic mass is 35.5. The normalized spacial score (nSPS) is 10.8. The highest BCUT2D eigenvalue weighted by molar-refractivity contribution is 6.35. The molecule has 4 rings (SSSR count). The molecule has 0 fully saturated rings. The van der Waals surface area contributed by atoms with Crippen LogP contribution in [0.25, 0.3) is 11.3 Å². The Bertz CT molecular complexity index is 1190. The summed E-state index contributed by atoms with van der Waals surface area (Å²) >= 11 is 18.2. The number of H-pyrrole nitrogens is 1. The first-order valence-corrected chi connectivity index (χ1v) is 10.0. The Morgan fingerprint density at radius 2 is 1.73 bits per heavy atom. The third-order valence-corrected chi connectivity index (χ3v) is 5.21. The van der Waals surface area contributed by atoms with Gasteiger partial charge in [-0.3, -0.25) is 5.10 Å². The molecule has 0 spiro atoms. The largest absolute Gasteiger partial charge is 0.507 e. The highest BCUT2D eigenvalue weighted by Gasteiger charge is 2.16. The van der Waals surface area contributed by atoms with E-state index in [0.717, 1.165) is 5.56 Å². The summed E-state index contributed by atoms with van der Waals surface area (Å²) in [6.45, 7) is 0.236. The zero-order valence-electron chi connectivity index (χ0n) is 15.4. The number of hydrogen-bond acceptors (Lipinski definition) is 4. The van der Waals surface area contributed by atoms with E-state index < -0.39 is 0 Å². The predicted molar refractivity (Wildman–Crippen MR) is 118 cm³/mol. The molecule has 4 aromatic rings. The van der Waals surface area contributed by atoms with Crippen molar-refractivity contribution in [1.29, 1.82) is 0 Å². The van der Waals surface area contributed by atoms with Gasteiger partial charge in [-0.15, -0.1) is 0 Å². The fourth-order valence-electron chi connectivity index (χ4n) is 2.80. The van der Waals surface area contributed by atoms with E-state index >= 15 is 0 Å². The van der Waals surface area contributed by atoms with Crippen molar-refractivity contribution in [2.24, 2.45) is 0 Å². The van der Waals surface area contributed by atoms with Crippen molar-refractivity contribution in [3.05, 3.63) is 87.5 Å². The lowest BCUT2D eigenvalue weighted by atomic mass is 10.1. The minimum atomic E-state index is 0.00274. The molecule has 0 amide bonds. The van der Waals surface area contributed by atoms with Crippen molar-refractivity contribution >= 4 is 34.8 Å². The molecule has 1 aromatic heterocycles. The highest BCUT2D eigenvalue weighted by Crippen LogP contribution is 2.39. The zero-order chi connectivity index (χ0) is 21.1. The van der Waals surface area contributed by atoms with Gasteiger partial charge in [-0.25, -0.2) is 0 Å². The second-order valence-electron chi connectivity index (χ2n) is 6.35. The summed E-state index contributed by atoms with van der Waals surface area (Å²) in [6, 6.07) is 17.3. The molecule has 1 heterocycles. The van der Waals surface area contributed by atoms with Crippen LogP contribution in [0, 0.1) is 0 Å². The van der Waals surface area contributed by atoms with Gasteiger partial charge in [0.05, 0.1) is 11.2 Å². The molecule has 3 aromatic carbocycles. The Balaban J connectivity index is 1.53. The van der Waals surface area contributed by atoms with Crippen LogP contribution in [0.15, 0.2) is 66.9 Å². The van der Waals surface area contributed by atoms with Crippen LogP contribution in [0.2, 0.25) is 15.1 Å². The van der Waals surface area contributed by atoms with Crippen LogP contribution in [-0.4, -0.2) is 15.3 Å². The monoisotopic (exact) mass is 460 g/mol. The number of halogens is 3. The van der Waals surface area contributed by atoms with Gasteiger partial charge in [0.2, 0.25) is 0 Å². The van der Waals surface area contributed by atoms with Gasteiger partial charge in [-0.2, -0.15) is 5.10 Å². The number of phenols is 1. The number of ether oxygens (including phenoxy) is 2. The van der Waals surface area contributed by atoms with E-state index in [2.05, 4.69) is 10.2 Å². The van der Waals surface area contributed by atoms with Gasteiger partial charge in [-0.1, -0.05) is 53.0 Å². The number of aromatic nitrogens is 2. The van der Waals surface area contributed by atoms with E-state index in [1.807, 2.05) is 12.1 Å². The number of rotatable bonds is 6. The molecule has 0 saturated carbocycles. The van der Waals surface area contributed by atoms with E-state index in [4.69, 9.17) is 44.3 Å². The van der Waals surface area contributed by atoms with Crippen molar-refractivity contribution in [3.63, 3.8) is 0 Å². The molecule has 5 nitrogen and oxygen atoms in total. The molecule has 0 saturated heterocycles. The summed E-state index contributed by atoms with van der Waals surface area (Å²) in [5, 5.41) is 18.9. The Morgan fingerprint density at radius 1 is 0.900 bits per heavy atom. The number of phenolic OH excluding ortho intramolecular Hbond substituents is 1. The smallest absolute Gasteiger partial charge is 0.173 e. The van der Waals surface area contributed by atoms with Crippen LogP contribution < -0.4 is 9.47 Å². The van der Waals surface area contributed by atoms with Crippen molar-refractivity contribution in [3.8, 4) is 34.3 Å². The van der Waals surface area contributed by atoms with Gasteiger partial charge in [0, 0.05) is 27.2 Å². The Morgan fingerprint density at radius 3 is 2.50 bits per heavy atom. The minimum absolute atomic E-state index is 0.00274. The van der Waals surface area contributed by atoms with Crippen molar-refractivity contribution < 1.29 is 14.6 Å². The minimum Gasteiger partial charge on any atom is -0.507 e. The number of para-hydroxylation sites is 1. The second-order valence-corrected chi connectivity index (χ2v) is 7.60. The molecule has 0 unspecified atom stereocenters. The first-order valence-electron chi connectivity index (χ1n) is 8.87. The van der Waals surface area contributed by atoms with Gasteiger partial charge in [-0.05, 0) is 36.4 Å². The van der Waals surface area contributed by atoms with Crippen LogP contribution in [0.4, 0.5) is 0 Å². The van der Waals surface area contributed by atoms with Crippen molar-refractivity contribution in [2.75, 3.05) is 0 Å². The lowest BCUT2D eigenvalue weighted by Crippen LogP contribution is -1.96. The maximum Gasteiger partial charge on any atom is 0.173 e. The second kappa shape index (κ2) is 8.88. The van der Waals surface area contributed by atoms with Gasteiger partial charge in [0.1, 0.15) is 29.5 Å². The Labute approximate surface area is 187 Å². The number of hydrogen-bond donors (Lipinski definition) is 2. The molecule has 8 heteroatoms. The molecule has 0 bridgehead atoms. The predicted octanol–water partition coefficient (Wildman–Crippen LogP) is 7.11. The van der Waals surface area contributed by atoms with Crippen LogP contribution in [0.1, 0.15) is 5.56 Å². The summed E-state index contributed by atoms with van der Waals surface area (Å²) < 4.78 is 11.6. The number of nitrogens with one attached hydrogen (secondary N) is 1. The standard InChI is InChI=1S/C22H15Cl3N2O3/c23-14-6-5-13(18(25)9-14)12-29-15-7-8-16(19(28)10-15)22-21(11-26-27-22)30-20-4-2-1-3-17(20)24/h1-11,28H,12H2,(H,26,27). The summed E-state index contributed by atoms with van der Waals surface area (Å²) in [7, 11) is 0. The van der Waals surface area contributed by atoms with Crippen molar-refractivity contribution in [1.82, 2.24) is 10.2 Å². The topological polar surface area (TPSA) is 67.4 Å². The third-order valence-electron chi connectivity index (χ3n) is 4.31. The fraction of sp³-hybridized carbons (Fsp3) is 0.0455. The number of aromatic amines is 1. The summed E-state index contributed by atoms with van der Waals surface area (Å²) in [4.78, 5) is 0. The first-order chi connectivity index (χ1) is 14.5. The molecular formula is C22H15Cl3N2O3.